The van der Waals surface area contributed by atoms with E-state index in [0.29, 0.717) is 13.2 Å². The molecule has 130 valence electrons. The summed E-state index contributed by atoms with van der Waals surface area (Å²) in [6.07, 6.45) is -2.86. The maximum Gasteiger partial charge on any atom is 0.416 e. The summed E-state index contributed by atoms with van der Waals surface area (Å²) in [5, 5.41) is 5.68. The molecule has 1 aliphatic rings. The molecule has 4 nitrogen and oxygen atoms in total. The lowest BCUT2D eigenvalue weighted by molar-refractivity contribution is -0.137. The topological polar surface area (TPSA) is 50.4 Å². The van der Waals surface area contributed by atoms with Crippen LogP contribution in [0.2, 0.25) is 0 Å². The fourth-order valence-corrected chi connectivity index (χ4v) is 2.40. The van der Waals surface area contributed by atoms with Crippen LogP contribution < -0.4 is 15.4 Å². The number of anilines is 1. The third kappa shape index (κ3) is 5.28. The number of nitrogens with one attached hydrogen (secondary N) is 2. The molecule has 2 rings (SSSR count). The number of carbonyl (C=O) groups is 1. The van der Waals surface area contributed by atoms with Crippen LogP contribution in [0.5, 0.6) is 5.75 Å². The van der Waals surface area contributed by atoms with E-state index in [0.717, 1.165) is 31.5 Å². The van der Waals surface area contributed by atoms with Crippen LogP contribution in [0.25, 0.3) is 0 Å². The third-order valence-electron chi connectivity index (χ3n) is 3.53. The van der Waals surface area contributed by atoms with Gasteiger partial charge in [0.1, 0.15) is 5.75 Å². The van der Waals surface area contributed by atoms with Crippen LogP contribution >= 0.6 is 12.4 Å². The van der Waals surface area contributed by atoms with Gasteiger partial charge >= 0.3 is 6.18 Å². The van der Waals surface area contributed by atoms with E-state index in [1.54, 1.807) is 6.92 Å². The number of amides is 1. The van der Waals surface area contributed by atoms with Crippen LogP contribution in [0.4, 0.5) is 18.9 Å². The van der Waals surface area contributed by atoms with E-state index in [2.05, 4.69) is 10.6 Å². The van der Waals surface area contributed by atoms with E-state index in [1.807, 2.05) is 0 Å². The highest BCUT2D eigenvalue weighted by atomic mass is 35.5. The fourth-order valence-electron chi connectivity index (χ4n) is 2.40. The number of carbonyl (C=O) groups excluding carboxylic acids is 1. The Bertz CT molecular complexity index is 532. The van der Waals surface area contributed by atoms with Crippen LogP contribution in [0.1, 0.15) is 25.3 Å². The number of piperidine rings is 1. The lowest BCUT2D eigenvalue weighted by atomic mass is 9.98. The average molecular weight is 353 g/mol. The molecule has 8 heteroatoms. The minimum absolute atomic E-state index is 0. The highest BCUT2D eigenvalue weighted by Crippen LogP contribution is 2.35. The van der Waals surface area contributed by atoms with Crippen molar-refractivity contribution < 1.29 is 22.7 Å². The van der Waals surface area contributed by atoms with Gasteiger partial charge < -0.3 is 15.4 Å². The van der Waals surface area contributed by atoms with Crippen molar-refractivity contribution in [2.24, 2.45) is 5.92 Å². The molecule has 0 aromatic heterocycles. The lowest BCUT2D eigenvalue weighted by Crippen LogP contribution is -2.37. The van der Waals surface area contributed by atoms with Gasteiger partial charge in [-0.05, 0) is 44.5 Å². The number of alkyl halides is 3. The second-order valence-electron chi connectivity index (χ2n) is 5.17. The maximum absolute atomic E-state index is 12.8. The summed E-state index contributed by atoms with van der Waals surface area (Å²) >= 11 is 0. The summed E-state index contributed by atoms with van der Waals surface area (Å²) in [4.78, 5) is 12.2. The molecule has 0 saturated carbocycles. The Morgan fingerprint density at radius 2 is 2.17 bits per heavy atom. The van der Waals surface area contributed by atoms with Gasteiger partial charge in [-0.3, -0.25) is 4.79 Å². The zero-order valence-corrected chi connectivity index (χ0v) is 13.5. The maximum atomic E-state index is 12.8. The smallest absolute Gasteiger partial charge is 0.416 e. The molecular formula is C15H20ClF3N2O2. The van der Waals surface area contributed by atoms with Crippen molar-refractivity contribution in [3.8, 4) is 5.75 Å². The Balaban J connectivity index is 0.00000264. The van der Waals surface area contributed by atoms with E-state index in [1.165, 1.54) is 6.07 Å². The van der Waals surface area contributed by atoms with Crippen LogP contribution in [0.3, 0.4) is 0 Å². The van der Waals surface area contributed by atoms with Crippen molar-refractivity contribution in [3.05, 3.63) is 23.8 Å². The van der Waals surface area contributed by atoms with Gasteiger partial charge in [0.15, 0.2) is 0 Å². The summed E-state index contributed by atoms with van der Waals surface area (Å²) < 4.78 is 43.7. The normalized spacial score (nSPS) is 18.0. The zero-order chi connectivity index (χ0) is 16.2. The predicted octanol–water partition coefficient (Wildman–Crippen LogP) is 3.46. The van der Waals surface area contributed by atoms with Crippen molar-refractivity contribution in [1.82, 2.24) is 5.32 Å². The molecule has 1 unspecified atom stereocenters. The molecule has 1 aliphatic heterocycles. The van der Waals surface area contributed by atoms with Gasteiger partial charge in [0.25, 0.3) is 0 Å². The highest BCUT2D eigenvalue weighted by Gasteiger charge is 2.32. The average Bonchev–Trinajstić information content (AvgIpc) is 2.49. The molecule has 1 amide bonds. The number of hydrogen-bond donors (Lipinski definition) is 2. The monoisotopic (exact) mass is 352 g/mol. The number of hydrogen-bond acceptors (Lipinski definition) is 3. The summed E-state index contributed by atoms with van der Waals surface area (Å²) in [5.74, 6) is -0.280. The summed E-state index contributed by atoms with van der Waals surface area (Å²) in [6.45, 7) is 3.43. The predicted molar refractivity (Wildman–Crippen MR) is 84.1 cm³/mol. The minimum atomic E-state index is -4.46. The van der Waals surface area contributed by atoms with E-state index >= 15 is 0 Å². The number of ether oxygens (including phenoxy) is 1. The van der Waals surface area contributed by atoms with Gasteiger partial charge in [0.2, 0.25) is 5.91 Å². The van der Waals surface area contributed by atoms with E-state index in [-0.39, 0.29) is 35.7 Å². The Morgan fingerprint density at radius 3 is 2.74 bits per heavy atom. The van der Waals surface area contributed by atoms with Crippen molar-refractivity contribution in [1.29, 1.82) is 0 Å². The zero-order valence-electron chi connectivity index (χ0n) is 12.7. The molecule has 0 aliphatic carbocycles. The first-order valence-corrected chi connectivity index (χ1v) is 7.27. The molecule has 1 heterocycles. The van der Waals surface area contributed by atoms with Crippen LogP contribution in [0.15, 0.2) is 18.2 Å². The molecule has 0 bridgehead atoms. The van der Waals surface area contributed by atoms with Gasteiger partial charge in [-0.2, -0.15) is 13.2 Å². The number of benzene rings is 1. The van der Waals surface area contributed by atoms with Crippen LogP contribution in [-0.2, 0) is 11.0 Å². The number of rotatable bonds is 4. The van der Waals surface area contributed by atoms with Gasteiger partial charge in [-0.25, -0.2) is 0 Å². The van der Waals surface area contributed by atoms with Crippen molar-refractivity contribution in [2.75, 3.05) is 25.0 Å². The summed E-state index contributed by atoms with van der Waals surface area (Å²) in [5.41, 5.74) is -0.750. The minimum Gasteiger partial charge on any atom is -0.492 e. The highest BCUT2D eigenvalue weighted by molar-refractivity contribution is 5.94. The number of halogens is 4. The first kappa shape index (κ1) is 19.6. The second-order valence-corrected chi connectivity index (χ2v) is 5.17. The van der Waals surface area contributed by atoms with Crippen molar-refractivity contribution in [3.63, 3.8) is 0 Å². The SMILES string of the molecule is CCOc1ccc(C(F)(F)F)cc1NC(=O)C1CCCNC1.Cl. The molecule has 2 N–H and O–H groups in total. The summed E-state index contributed by atoms with van der Waals surface area (Å²) in [6, 6.07) is 3.10. The largest absolute Gasteiger partial charge is 0.492 e. The first-order chi connectivity index (χ1) is 10.4. The Hall–Kier alpha value is -1.47. The van der Waals surface area contributed by atoms with E-state index in [4.69, 9.17) is 4.74 Å². The molecular weight excluding hydrogens is 333 g/mol. The Kier molecular flexibility index (Phi) is 7.15. The van der Waals surface area contributed by atoms with Gasteiger partial charge in [-0.1, -0.05) is 0 Å². The molecule has 1 aromatic carbocycles. The standard InChI is InChI=1S/C15H19F3N2O2.ClH/c1-2-22-13-6-5-11(15(16,17)18)8-12(13)20-14(21)10-4-3-7-19-9-10;/h5-6,8,10,19H,2-4,7,9H2,1H3,(H,20,21);1H. The molecule has 23 heavy (non-hydrogen) atoms. The molecule has 1 fully saturated rings. The van der Waals surface area contributed by atoms with E-state index < -0.39 is 11.7 Å². The van der Waals surface area contributed by atoms with Gasteiger partial charge in [0, 0.05) is 6.54 Å². The molecule has 1 saturated heterocycles. The lowest BCUT2D eigenvalue weighted by Gasteiger charge is -2.23. The van der Waals surface area contributed by atoms with Gasteiger partial charge in [0.05, 0.1) is 23.8 Å². The van der Waals surface area contributed by atoms with Gasteiger partial charge in [-0.15, -0.1) is 12.4 Å². The van der Waals surface area contributed by atoms with Crippen LogP contribution in [0, 0.1) is 5.92 Å². The third-order valence-corrected chi connectivity index (χ3v) is 3.53. The Morgan fingerprint density at radius 1 is 1.43 bits per heavy atom. The molecule has 0 radical (unpaired) electrons. The molecule has 1 aromatic rings. The van der Waals surface area contributed by atoms with E-state index in [9.17, 15) is 18.0 Å². The quantitative estimate of drug-likeness (QED) is 0.872. The first-order valence-electron chi connectivity index (χ1n) is 7.27. The Labute approximate surface area is 139 Å². The fraction of sp³-hybridized carbons (Fsp3) is 0.533. The van der Waals surface area contributed by atoms with Crippen molar-refractivity contribution in [2.45, 2.75) is 25.9 Å². The van der Waals surface area contributed by atoms with Crippen LogP contribution in [-0.4, -0.2) is 25.6 Å². The molecule has 1 atom stereocenters. The second kappa shape index (κ2) is 8.40. The molecule has 0 spiro atoms. The summed E-state index contributed by atoms with van der Waals surface area (Å²) in [7, 11) is 0. The van der Waals surface area contributed by atoms with Crippen molar-refractivity contribution >= 4 is 24.0 Å².